The first-order chi connectivity index (χ1) is 9.80. The molecule has 1 heterocycles. The number of methoxy groups -OCH3 is 1. The molecule has 0 saturated carbocycles. The Hall–Kier alpha value is -2.25. The summed E-state index contributed by atoms with van der Waals surface area (Å²) in [4.78, 5) is 15.2. The van der Waals surface area contributed by atoms with E-state index < -0.39 is 12.1 Å². The molecule has 1 amide bonds. The number of ether oxygens (including phenoxy) is 1. The zero-order valence-electron chi connectivity index (χ0n) is 11.6. The molecular formula is C13H16F3N3O2. The van der Waals surface area contributed by atoms with Gasteiger partial charge in [0.05, 0.1) is 7.11 Å². The fourth-order valence-electron chi connectivity index (χ4n) is 1.47. The minimum Gasteiger partial charge on any atom is -0.481 e. The summed E-state index contributed by atoms with van der Waals surface area (Å²) < 4.78 is 40.5. The van der Waals surface area contributed by atoms with E-state index in [1.807, 2.05) is 0 Å². The van der Waals surface area contributed by atoms with Crippen LogP contribution < -0.4 is 15.4 Å². The van der Waals surface area contributed by atoms with Crippen molar-refractivity contribution in [3.05, 3.63) is 30.0 Å². The van der Waals surface area contributed by atoms with Gasteiger partial charge in [-0.25, -0.2) is 4.98 Å². The van der Waals surface area contributed by atoms with E-state index in [9.17, 15) is 18.0 Å². The number of hydrogen-bond donors (Lipinski definition) is 2. The van der Waals surface area contributed by atoms with E-state index in [1.54, 1.807) is 19.1 Å². The molecule has 0 unspecified atom stereocenters. The zero-order chi connectivity index (χ0) is 15.9. The first-order valence-corrected chi connectivity index (χ1v) is 6.10. The monoisotopic (exact) mass is 303 g/mol. The second-order valence-corrected chi connectivity index (χ2v) is 4.13. The van der Waals surface area contributed by atoms with Crippen LogP contribution in [-0.2, 0) is 4.79 Å². The second kappa shape index (κ2) is 7.51. The quantitative estimate of drug-likeness (QED) is 0.623. The third kappa shape index (κ3) is 7.19. The SMILES string of the molecule is COc1cc(NCCNC(=O)/C=C/C(F)(F)F)cc(C)n1. The summed E-state index contributed by atoms with van der Waals surface area (Å²) in [5.74, 6) is -0.340. The maximum atomic E-state index is 11.8. The van der Waals surface area contributed by atoms with Crippen molar-refractivity contribution in [2.24, 2.45) is 0 Å². The van der Waals surface area contributed by atoms with E-state index in [4.69, 9.17) is 4.74 Å². The summed E-state index contributed by atoms with van der Waals surface area (Å²) in [7, 11) is 1.50. The molecule has 21 heavy (non-hydrogen) atoms. The standard InChI is InChI=1S/C13H16F3N3O2/c1-9-7-10(8-12(19-9)21-2)17-5-6-18-11(20)3-4-13(14,15)16/h3-4,7-8H,5-6H2,1-2H3,(H,17,19)(H,18,20)/b4-3+. The highest BCUT2D eigenvalue weighted by Crippen LogP contribution is 2.16. The van der Waals surface area contributed by atoms with Gasteiger partial charge >= 0.3 is 6.18 Å². The smallest absolute Gasteiger partial charge is 0.409 e. The Kier molecular flexibility index (Phi) is 6.01. The van der Waals surface area contributed by atoms with Gasteiger partial charge in [0.2, 0.25) is 11.8 Å². The first kappa shape index (κ1) is 16.8. The van der Waals surface area contributed by atoms with E-state index in [-0.39, 0.29) is 12.6 Å². The van der Waals surface area contributed by atoms with Gasteiger partial charge < -0.3 is 15.4 Å². The number of carbonyl (C=O) groups is 1. The van der Waals surface area contributed by atoms with Crippen LogP contribution in [0.3, 0.4) is 0 Å². The highest BCUT2D eigenvalue weighted by Gasteiger charge is 2.22. The van der Waals surface area contributed by atoms with Crippen molar-refractivity contribution in [1.82, 2.24) is 10.3 Å². The maximum Gasteiger partial charge on any atom is 0.409 e. The molecule has 2 N–H and O–H groups in total. The van der Waals surface area contributed by atoms with Gasteiger partial charge in [0, 0.05) is 42.7 Å². The molecule has 0 fully saturated rings. The normalized spacial score (nSPS) is 11.5. The van der Waals surface area contributed by atoms with Crippen LogP contribution in [0.4, 0.5) is 18.9 Å². The number of allylic oxidation sites excluding steroid dienone is 1. The predicted octanol–water partition coefficient (Wildman–Crippen LogP) is 2.05. The maximum absolute atomic E-state index is 11.8. The van der Waals surface area contributed by atoms with Gasteiger partial charge in [0.15, 0.2) is 0 Å². The van der Waals surface area contributed by atoms with Crippen LogP contribution in [0.15, 0.2) is 24.3 Å². The van der Waals surface area contributed by atoms with Crippen LogP contribution in [0.1, 0.15) is 5.69 Å². The Bertz CT molecular complexity index is 516. The van der Waals surface area contributed by atoms with Gasteiger partial charge in [-0.3, -0.25) is 4.79 Å². The number of anilines is 1. The van der Waals surface area contributed by atoms with Crippen LogP contribution in [-0.4, -0.2) is 37.3 Å². The van der Waals surface area contributed by atoms with Crippen LogP contribution >= 0.6 is 0 Å². The van der Waals surface area contributed by atoms with Crippen LogP contribution in [0.2, 0.25) is 0 Å². The molecule has 116 valence electrons. The molecule has 5 nitrogen and oxygen atoms in total. The number of aryl methyl sites for hydroxylation is 1. The van der Waals surface area contributed by atoms with Crippen LogP contribution in [0.25, 0.3) is 0 Å². The molecule has 1 aromatic heterocycles. The molecule has 0 aliphatic heterocycles. The summed E-state index contributed by atoms with van der Waals surface area (Å²) in [6.45, 7) is 2.35. The number of hydrogen-bond acceptors (Lipinski definition) is 4. The molecule has 0 aliphatic rings. The minimum atomic E-state index is -4.49. The Balaban J connectivity index is 2.36. The van der Waals surface area contributed by atoms with Gasteiger partial charge in [-0.2, -0.15) is 13.2 Å². The van der Waals surface area contributed by atoms with Gasteiger partial charge in [0.25, 0.3) is 0 Å². The number of pyridine rings is 1. The van der Waals surface area contributed by atoms with Gasteiger partial charge in [-0.05, 0) is 13.0 Å². The van der Waals surface area contributed by atoms with Crippen molar-refractivity contribution in [2.75, 3.05) is 25.5 Å². The number of nitrogens with one attached hydrogen (secondary N) is 2. The lowest BCUT2D eigenvalue weighted by atomic mass is 10.3. The van der Waals surface area contributed by atoms with Crippen molar-refractivity contribution in [3.8, 4) is 5.88 Å². The van der Waals surface area contributed by atoms with Gasteiger partial charge in [-0.15, -0.1) is 0 Å². The highest BCUT2D eigenvalue weighted by atomic mass is 19.4. The number of carbonyl (C=O) groups excluding carboxylic acids is 1. The summed E-state index contributed by atoms with van der Waals surface area (Å²) in [5, 5.41) is 5.34. The third-order valence-electron chi connectivity index (χ3n) is 2.32. The highest BCUT2D eigenvalue weighted by molar-refractivity contribution is 5.87. The summed E-state index contributed by atoms with van der Waals surface area (Å²) >= 11 is 0. The second-order valence-electron chi connectivity index (χ2n) is 4.13. The molecule has 0 aromatic carbocycles. The number of amides is 1. The first-order valence-electron chi connectivity index (χ1n) is 6.10. The van der Waals surface area contributed by atoms with Gasteiger partial charge in [0.1, 0.15) is 0 Å². The summed E-state index contributed by atoms with van der Waals surface area (Å²) in [5.41, 5.74) is 1.51. The predicted molar refractivity (Wildman–Crippen MR) is 72.2 cm³/mol. The molecule has 1 aromatic rings. The fourth-order valence-corrected chi connectivity index (χ4v) is 1.47. The molecule has 1 rings (SSSR count). The molecule has 8 heteroatoms. The third-order valence-corrected chi connectivity index (χ3v) is 2.32. The number of aromatic nitrogens is 1. The van der Waals surface area contributed by atoms with E-state index in [1.165, 1.54) is 7.11 Å². The van der Waals surface area contributed by atoms with Gasteiger partial charge in [-0.1, -0.05) is 0 Å². The Labute approximate surface area is 120 Å². The molecule has 0 aliphatic carbocycles. The number of nitrogens with zero attached hydrogens (tertiary/aromatic N) is 1. The number of alkyl halides is 3. The van der Waals surface area contributed by atoms with Crippen molar-refractivity contribution in [3.63, 3.8) is 0 Å². The van der Waals surface area contributed by atoms with E-state index in [0.717, 1.165) is 11.4 Å². The molecule has 0 spiro atoms. The largest absolute Gasteiger partial charge is 0.481 e. The van der Waals surface area contributed by atoms with Crippen LogP contribution in [0, 0.1) is 6.92 Å². The molecule has 0 bridgehead atoms. The van der Waals surface area contributed by atoms with Crippen molar-refractivity contribution >= 4 is 11.6 Å². The van der Waals surface area contributed by atoms with E-state index in [0.29, 0.717) is 18.5 Å². The molecular weight excluding hydrogens is 287 g/mol. The minimum absolute atomic E-state index is 0.104. The summed E-state index contributed by atoms with van der Waals surface area (Å²) in [6.07, 6.45) is -4.13. The van der Waals surface area contributed by atoms with Crippen molar-refractivity contribution < 1.29 is 22.7 Å². The van der Waals surface area contributed by atoms with E-state index in [2.05, 4.69) is 15.6 Å². The molecule has 0 radical (unpaired) electrons. The molecule has 0 saturated heterocycles. The lowest BCUT2D eigenvalue weighted by Crippen LogP contribution is -2.27. The topological polar surface area (TPSA) is 63.2 Å². The number of rotatable bonds is 6. The zero-order valence-corrected chi connectivity index (χ0v) is 11.6. The summed E-state index contributed by atoms with van der Waals surface area (Å²) in [6, 6.07) is 3.46. The lowest BCUT2D eigenvalue weighted by molar-refractivity contribution is -0.117. The lowest BCUT2D eigenvalue weighted by Gasteiger charge is -2.09. The average molecular weight is 303 g/mol. The Morgan fingerprint density at radius 2 is 2.10 bits per heavy atom. The average Bonchev–Trinajstić information content (AvgIpc) is 2.40. The van der Waals surface area contributed by atoms with Crippen molar-refractivity contribution in [2.45, 2.75) is 13.1 Å². The van der Waals surface area contributed by atoms with Crippen molar-refractivity contribution in [1.29, 1.82) is 0 Å². The number of halogens is 3. The fraction of sp³-hybridized carbons (Fsp3) is 0.385. The van der Waals surface area contributed by atoms with Crippen LogP contribution in [0.5, 0.6) is 5.88 Å². The Morgan fingerprint density at radius 3 is 2.71 bits per heavy atom. The van der Waals surface area contributed by atoms with E-state index >= 15 is 0 Å². The Morgan fingerprint density at radius 1 is 1.38 bits per heavy atom. The molecule has 0 atom stereocenters.